The number of rotatable bonds is 6. The number of hydrogen-bond donors (Lipinski definition) is 2. The predicted molar refractivity (Wildman–Crippen MR) is 42.4 cm³/mol. The maximum absolute atomic E-state index is 8.51. The maximum Gasteiger partial charge on any atom is 0.106 e. The van der Waals surface area contributed by atoms with E-state index in [0.29, 0.717) is 0 Å². The Kier molecular flexibility index (Phi) is 6.91. The average molecular weight is 146 g/mol. The molecule has 0 aliphatic carbocycles. The van der Waals surface area contributed by atoms with Crippen molar-refractivity contribution in [3.05, 3.63) is 0 Å². The summed E-state index contributed by atoms with van der Waals surface area (Å²) in [5, 5.41) is 10.5. The van der Waals surface area contributed by atoms with Crippen molar-refractivity contribution in [2.24, 2.45) is 0 Å². The minimum absolute atomic E-state index is 0.0392. The highest BCUT2D eigenvalue weighted by molar-refractivity contribution is 4.45. The van der Waals surface area contributed by atoms with Crippen LogP contribution in [0, 0.1) is 0 Å². The lowest BCUT2D eigenvalue weighted by molar-refractivity contribution is 0.114. The van der Waals surface area contributed by atoms with Crippen LogP contribution >= 0.6 is 0 Å². The molecule has 0 radical (unpaired) electrons. The van der Waals surface area contributed by atoms with Crippen molar-refractivity contribution in [3.63, 3.8) is 0 Å². The highest BCUT2D eigenvalue weighted by Gasteiger charge is 1.96. The first kappa shape index (κ1) is 9.88. The normalized spacial score (nSPS) is 10.8. The van der Waals surface area contributed by atoms with Crippen molar-refractivity contribution in [1.82, 2.24) is 10.4 Å². The summed E-state index contributed by atoms with van der Waals surface area (Å²) in [6.07, 6.45) is 2.38. The molecule has 2 N–H and O–H groups in total. The molecule has 0 atom stereocenters. The van der Waals surface area contributed by atoms with Gasteiger partial charge < -0.3 is 5.11 Å². The molecule has 0 heterocycles. The van der Waals surface area contributed by atoms with Gasteiger partial charge >= 0.3 is 0 Å². The Balaban J connectivity index is 3.21. The van der Waals surface area contributed by atoms with E-state index in [0.717, 1.165) is 13.1 Å². The average Bonchev–Trinajstić information content (AvgIpc) is 1.98. The van der Waals surface area contributed by atoms with Crippen LogP contribution in [0.5, 0.6) is 0 Å². The SMILES string of the molecule is CCCCN(CC)NCO. The van der Waals surface area contributed by atoms with Gasteiger partial charge in [0.1, 0.15) is 6.73 Å². The van der Waals surface area contributed by atoms with E-state index in [1.165, 1.54) is 12.8 Å². The minimum atomic E-state index is 0.0392. The van der Waals surface area contributed by atoms with Crippen LogP contribution in [0.25, 0.3) is 0 Å². The Morgan fingerprint density at radius 3 is 2.50 bits per heavy atom. The third-order valence-electron chi connectivity index (χ3n) is 1.46. The molecule has 3 nitrogen and oxygen atoms in total. The fourth-order valence-corrected chi connectivity index (χ4v) is 0.798. The molecule has 0 aliphatic rings. The van der Waals surface area contributed by atoms with Gasteiger partial charge in [0.15, 0.2) is 0 Å². The molecule has 0 bridgehead atoms. The van der Waals surface area contributed by atoms with Crippen LogP contribution in [-0.4, -0.2) is 29.9 Å². The van der Waals surface area contributed by atoms with E-state index >= 15 is 0 Å². The summed E-state index contributed by atoms with van der Waals surface area (Å²) in [5.74, 6) is 0. The highest BCUT2D eigenvalue weighted by Crippen LogP contribution is 1.89. The van der Waals surface area contributed by atoms with Gasteiger partial charge in [0.25, 0.3) is 0 Å². The van der Waals surface area contributed by atoms with Crippen molar-refractivity contribution in [3.8, 4) is 0 Å². The number of aliphatic hydroxyl groups is 1. The lowest BCUT2D eigenvalue weighted by Crippen LogP contribution is -2.38. The molecule has 0 spiro atoms. The summed E-state index contributed by atoms with van der Waals surface area (Å²) in [6, 6.07) is 0. The lowest BCUT2D eigenvalue weighted by Gasteiger charge is -2.19. The molecular formula is C7H18N2O. The maximum atomic E-state index is 8.51. The van der Waals surface area contributed by atoms with Crippen molar-refractivity contribution in [2.75, 3.05) is 19.8 Å². The van der Waals surface area contributed by atoms with Crippen LogP contribution in [0.4, 0.5) is 0 Å². The number of nitrogens with one attached hydrogen (secondary N) is 1. The van der Waals surface area contributed by atoms with Crippen LogP contribution in [0.1, 0.15) is 26.7 Å². The Morgan fingerprint density at radius 1 is 1.40 bits per heavy atom. The van der Waals surface area contributed by atoms with Crippen molar-refractivity contribution in [1.29, 1.82) is 0 Å². The van der Waals surface area contributed by atoms with Crippen LogP contribution in [-0.2, 0) is 0 Å². The van der Waals surface area contributed by atoms with E-state index < -0.39 is 0 Å². The summed E-state index contributed by atoms with van der Waals surface area (Å²) in [6.45, 7) is 6.23. The fourth-order valence-electron chi connectivity index (χ4n) is 0.798. The van der Waals surface area contributed by atoms with Crippen molar-refractivity contribution in [2.45, 2.75) is 26.7 Å². The number of aliphatic hydroxyl groups excluding tert-OH is 1. The van der Waals surface area contributed by atoms with Gasteiger partial charge in [0, 0.05) is 13.1 Å². The second kappa shape index (κ2) is 6.99. The first-order valence-electron chi connectivity index (χ1n) is 3.94. The zero-order valence-electron chi connectivity index (χ0n) is 6.93. The van der Waals surface area contributed by atoms with Gasteiger partial charge in [-0.2, -0.15) is 0 Å². The molecule has 3 heteroatoms. The van der Waals surface area contributed by atoms with E-state index in [9.17, 15) is 0 Å². The lowest BCUT2D eigenvalue weighted by atomic mass is 10.3. The molecule has 62 valence electrons. The molecule has 0 aliphatic heterocycles. The molecule has 0 saturated carbocycles. The van der Waals surface area contributed by atoms with Crippen LogP contribution < -0.4 is 5.43 Å². The largest absolute Gasteiger partial charge is 0.380 e. The van der Waals surface area contributed by atoms with E-state index in [-0.39, 0.29) is 6.73 Å². The molecule has 0 rings (SSSR count). The Morgan fingerprint density at radius 2 is 2.10 bits per heavy atom. The number of unbranched alkanes of at least 4 members (excludes halogenated alkanes) is 1. The topological polar surface area (TPSA) is 35.5 Å². The smallest absolute Gasteiger partial charge is 0.106 e. The Hall–Kier alpha value is -0.120. The fraction of sp³-hybridized carbons (Fsp3) is 1.00. The zero-order chi connectivity index (χ0) is 7.82. The van der Waals surface area contributed by atoms with E-state index in [4.69, 9.17) is 5.11 Å². The summed E-state index contributed by atoms with van der Waals surface area (Å²) in [7, 11) is 0. The van der Waals surface area contributed by atoms with Gasteiger partial charge in [-0.3, -0.25) is 0 Å². The molecular weight excluding hydrogens is 128 g/mol. The van der Waals surface area contributed by atoms with Crippen molar-refractivity contribution >= 4 is 0 Å². The van der Waals surface area contributed by atoms with Gasteiger partial charge in [0.05, 0.1) is 0 Å². The van der Waals surface area contributed by atoms with Gasteiger partial charge in [-0.05, 0) is 6.42 Å². The Bertz CT molecular complexity index is 68.6. The third-order valence-corrected chi connectivity index (χ3v) is 1.46. The van der Waals surface area contributed by atoms with Gasteiger partial charge in [-0.15, -0.1) is 0 Å². The molecule has 0 unspecified atom stereocenters. The standard InChI is InChI=1S/C7H18N2O/c1-3-5-6-9(4-2)8-7-10/h8,10H,3-7H2,1-2H3. The first-order valence-corrected chi connectivity index (χ1v) is 3.94. The highest BCUT2D eigenvalue weighted by atomic mass is 16.3. The van der Waals surface area contributed by atoms with E-state index in [1.54, 1.807) is 0 Å². The number of nitrogens with zero attached hydrogens (tertiary/aromatic N) is 1. The Labute approximate surface area is 63.0 Å². The third kappa shape index (κ3) is 4.73. The molecule has 10 heavy (non-hydrogen) atoms. The molecule has 0 amide bonds. The van der Waals surface area contributed by atoms with Gasteiger partial charge in [-0.1, -0.05) is 20.3 Å². The second-order valence-electron chi connectivity index (χ2n) is 2.25. The molecule has 0 aromatic rings. The summed E-state index contributed by atoms with van der Waals surface area (Å²) in [5.41, 5.74) is 2.86. The molecule has 0 aromatic carbocycles. The van der Waals surface area contributed by atoms with E-state index in [2.05, 4.69) is 19.3 Å². The first-order chi connectivity index (χ1) is 4.85. The molecule has 0 aromatic heterocycles. The van der Waals surface area contributed by atoms with Crippen LogP contribution in [0.3, 0.4) is 0 Å². The number of hydrogen-bond acceptors (Lipinski definition) is 3. The molecule has 0 fully saturated rings. The summed E-state index contributed by atoms with van der Waals surface area (Å²) < 4.78 is 0. The second-order valence-corrected chi connectivity index (χ2v) is 2.25. The summed E-state index contributed by atoms with van der Waals surface area (Å²) >= 11 is 0. The predicted octanol–water partition coefficient (Wildman–Crippen LogP) is 0.563. The van der Waals surface area contributed by atoms with E-state index in [1.807, 2.05) is 5.01 Å². The zero-order valence-corrected chi connectivity index (χ0v) is 6.93. The summed E-state index contributed by atoms with van der Waals surface area (Å²) in [4.78, 5) is 0. The molecule has 0 saturated heterocycles. The monoisotopic (exact) mass is 146 g/mol. The quantitative estimate of drug-likeness (QED) is 0.424. The minimum Gasteiger partial charge on any atom is -0.380 e. The van der Waals surface area contributed by atoms with Crippen molar-refractivity contribution < 1.29 is 5.11 Å². The van der Waals surface area contributed by atoms with Crippen LogP contribution in [0.2, 0.25) is 0 Å². The van der Waals surface area contributed by atoms with Gasteiger partial charge in [0.2, 0.25) is 0 Å². The number of hydrazine groups is 1. The van der Waals surface area contributed by atoms with Crippen LogP contribution in [0.15, 0.2) is 0 Å². The van der Waals surface area contributed by atoms with Gasteiger partial charge in [-0.25, -0.2) is 10.4 Å².